The first-order chi connectivity index (χ1) is 10.6. The van der Waals surface area contributed by atoms with Crippen LogP contribution in [0.25, 0.3) is 10.8 Å². The van der Waals surface area contributed by atoms with Gasteiger partial charge in [0.1, 0.15) is 5.82 Å². The van der Waals surface area contributed by atoms with Crippen molar-refractivity contribution < 1.29 is 9.18 Å². The molecule has 0 aliphatic rings. The Labute approximate surface area is 124 Å². The molecule has 0 radical (unpaired) electrons. The first-order valence-corrected chi connectivity index (χ1v) is 6.61. The van der Waals surface area contributed by atoms with Crippen LogP contribution in [-0.2, 0) is 6.42 Å². The second-order valence-corrected chi connectivity index (χ2v) is 4.90. The van der Waals surface area contributed by atoms with Crippen LogP contribution in [0, 0.1) is 5.82 Å². The lowest BCUT2D eigenvalue weighted by molar-refractivity contribution is 0.100. The molecule has 110 valence electrons. The quantitative estimate of drug-likeness (QED) is 0.772. The highest BCUT2D eigenvalue weighted by molar-refractivity contribution is 6.06. The van der Waals surface area contributed by atoms with E-state index in [1.807, 2.05) is 0 Å². The van der Waals surface area contributed by atoms with E-state index >= 15 is 0 Å². The third-order valence-corrected chi connectivity index (χ3v) is 3.42. The summed E-state index contributed by atoms with van der Waals surface area (Å²) in [6, 6.07) is 10.9. The largest absolute Gasteiger partial charge is 0.366 e. The molecule has 0 spiro atoms. The van der Waals surface area contributed by atoms with Crippen molar-refractivity contribution in [3.05, 3.63) is 75.5 Å². The molecular formula is C16H12FN3O2. The van der Waals surface area contributed by atoms with E-state index < -0.39 is 11.5 Å². The number of nitrogens with zero attached hydrogens (tertiary/aromatic N) is 1. The predicted octanol–water partition coefficient (Wildman–Crippen LogP) is 1.75. The molecule has 3 aromatic rings. The van der Waals surface area contributed by atoms with E-state index in [0.29, 0.717) is 23.1 Å². The van der Waals surface area contributed by atoms with Crippen LogP contribution in [0.5, 0.6) is 0 Å². The molecule has 1 amide bonds. The Morgan fingerprint density at radius 2 is 2.00 bits per heavy atom. The number of amides is 1. The molecule has 5 nitrogen and oxygen atoms in total. The molecular weight excluding hydrogens is 285 g/mol. The van der Waals surface area contributed by atoms with Crippen LogP contribution >= 0.6 is 0 Å². The summed E-state index contributed by atoms with van der Waals surface area (Å²) >= 11 is 0. The number of carbonyl (C=O) groups is 1. The Kier molecular flexibility index (Phi) is 3.42. The second kappa shape index (κ2) is 5.40. The van der Waals surface area contributed by atoms with Gasteiger partial charge in [-0.1, -0.05) is 24.3 Å². The molecule has 0 saturated carbocycles. The van der Waals surface area contributed by atoms with Crippen molar-refractivity contribution >= 4 is 16.7 Å². The predicted molar refractivity (Wildman–Crippen MR) is 80.1 cm³/mol. The van der Waals surface area contributed by atoms with Crippen LogP contribution in [0.15, 0.2) is 47.3 Å². The average Bonchev–Trinajstić information content (AvgIpc) is 2.49. The molecule has 0 aliphatic heterocycles. The summed E-state index contributed by atoms with van der Waals surface area (Å²) in [6.07, 6.45) is 0.327. The lowest BCUT2D eigenvalue weighted by atomic mass is 10.0. The van der Waals surface area contributed by atoms with Crippen molar-refractivity contribution in [1.29, 1.82) is 0 Å². The number of carbonyl (C=O) groups excluding carboxylic acids is 1. The fourth-order valence-electron chi connectivity index (χ4n) is 2.45. The number of H-pyrrole nitrogens is 1. The molecule has 2 aromatic carbocycles. The van der Waals surface area contributed by atoms with Gasteiger partial charge in [-0.25, -0.2) is 9.49 Å². The number of hydrogen-bond acceptors (Lipinski definition) is 3. The van der Waals surface area contributed by atoms with Gasteiger partial charge < -0.3 is 5.73 Å². The number of primary amides is 1. The van der Waals surface area contributed by atoms with E-state index in [1.54, 1.807) is 24.3 Å². The molecule has 0 bridgehead atoms. The molecule has 1 heterocycles. The van der Waals surface area contributed by atoms with Gasteiger partial charge in [-0.3, -0.25) is 9.59 Å². The monoisotopic (exact) mass is 297 g/mol. The summed E-state index contributed by atoms with van der Waals surface area (Å²) in [5.41, 5.74) is 6.23. The van der Waals surface area contributed by atoms with Crippen molar-refractivity contribution in [2.24, 2.45) is 5.73 Å². The molecule has 22 heavy (non-hydrogen) atoms. The highest BCUT2D eigenvalue weighted by atomic mass is 19.1. The zero-order chi connectivity index (χ0) is 15.7. The Morgan fingerprint density at radius 1 is 1.23 bits per heavy atom. The highest BCUT2D eigenvalue weighted by Crippen LogP contribution is 2.19. The number of halogens is 1. The first kappa shape index (κ1) is 13.9. The summed E-state index contributed by atoms with van der Waals surface area (Å²) < 4.78 is 13.3. The van der Waals surface area contributed by atoms with Gasteiger partial charge in [0.05, 0.1) is 16.6 Å². The second-order valence-electron chi connectivity index (χ2n) is 4.90. The molecule has 6 heteroatoms. The minimum absolute atomic E-state index is 0.140. The van der Waals surface area contributed by atoms with Crippen LogP contribution in [0.2, 0.25) is 0 Å². The molecule has 1 aromatic heterocycles. The summed E-state index contributed by atoms with van der Waals surface area (Å²) in [7, 11) is 0. The molecule has 0 unspecified atom stereocenters. The zero-order valence-electron chi connectivity index (χ0n) is 11.5. The molecule has 3 N–H and O–H groups in total. The number of aromatic amines is 1. The van der Waals surface area contributed by atoms with Crippen LogP contribution < -0.4 is 11.3 Å². The lowest BCUT2D eigenvalue weighted by Gasteiger charge is -2.07. The molecule has 3 rings (SSSR count). The standard InChI is InChI=1S/C16H12FN3O2/c17-10-4-1-3-9(7-10)8-13-11-5-2-6-12(15(18)21)14(11)16(22)20-19-13/h1-7H,8H2,(H2,18,21)(H,20,22). The van der Waals surface area contributed by atoms with E-state index in [0.717, 1.165) is 0 Å². The third-order valence-electron chi connectivity index (χ3n) is 3.42. The van der Waals surface area contributed by atoms with Crippen LogP contribution in [-0.4, -0.2) is 16.1 Å². The molecule has 0 atom stereocenters. The number of aromatic nitrogens is 2. The fourth-order valence-corrected chi connectivity index (χ4v) is 2.45. The number of nitrogens with one attached hydrogen (secondary N) is 1. The summed E-state index contributed by atoms with van der Waals surface area (Å²) in [4.78, 5) is 23.5. The SMILES string of the molecule is NC(=O)c1cccc2c(Cc3cccc(F)c3)n[nH]c(=O)c12. The third kappa shape index (κ3) is 2.46. The van der Waals surface area contributed by atoms with Gasteiger partial charge in [0.15, 0.2) is 0 Å². The smallest absolute Gasteiger partial charge is 0.272 e. The van der Waals surface area contributed by atoms with E-state index in [-0.39, 0.29) is 16.8 Å². The van der Waals surface area contributed by atoms with Gasteiger partial charge in [0, 0.05) is 11.8 Å². The Balaban J connectivity index is 2.19. The van der Waals surface area contributed by atoms with Gasteiger partial charge in [-0.05, 0) is 23.8 Å². The number of hydrogen-bond donors (Lipinski definition) is 2. The Morgan fingerprint density at radius 3 is 2.73 bits per heavy atom. The normalized spacial score (nSPS) is 10.8. The summed E-state index contributed by atoms with van der Waals surface area (Å²) in [5, 5.41) is 7.12. The lowest BCUT2D eigenvalue weighted by Crippen LogP contribution is -2.18. The van der Waals surface area contributed by atoms with E-state index in [1.165, 1.54) is 18.2 Å². The van der Waals surface area contributed by atoms with Crippen LogP contribution in [0.4, 0.5) is 4.39 Å². The average molecular weight is 297 g/mol. The number of nitrogens with two attached hydrogens (primary N) is 1. The van der Waals surface area contributed by atoms with Crippen molar-refractivity contribution in [3.63, 3.8) is 0 Å². The van der Waals surface area contributed by atoms with Gasteiger partial charge in [0.2, 0.25) is 5.91 Å². The van der Waals surface area contributed by atoms with Crippen molar-refractivity contribution in [3.8, 4) is 0 Å². The molecule has 0 saturated heterocycles. The maximum atomic E-state index is 13.3. The summed E-state index contributed by atoms with van der Waals surface area (Å²) in [6.45, 7) is 0. The first-order valence-electron chi connectivity index (χ1n) is 6.61. The van der Waals surface area contributed by atoms with Gasteiger partial charge in [-0.2, -0.15) is 5.10 Å². The number of benzene rings is 2. The maximum absolute atomic E-state index is 13.3. The Bertz CT molecular complexity index is 934. The van der Waals surface area contributed by atoms with Crippen molar-refractivity contribution in [2.75, 3.05) is 0 Å². The van der Waals surface area contributed by atoms with Crippen molar-refractivity contribution in [1.82, 2.24) is 10.2 Å². The Hall–Kier alpha value is -3.02. The van der Waals surface area contributed by atoms with E-state index in [9.17, 15) is 14.0 Å². The zero-order valence-corrected chi connectivity index (χ0v) is 11.5. The van der Waals surface area contributed by atoms with Gasteiger partial charge >= 0.3 is 0 Å². The fraction of sp³-hybridized carbons (Fsp3) is 0.0625. The van der Waals surface area contributed by atoms with Crippen LogP contribution in [0.1, 0.15) is 21.6 Å². The van der Waals surface area contributed by atoms with Crippen LogP contribution in [0.3, 0.4) is 0 Å². The topological polar surface area (TPSA) is 88.8 Å². The van der Waals surface area contributed by atoms with Gasteiger partial charge in [-0.15, -0.1) is 0 Å². The molecule has 0 aliphatic carbocycles. The van der Waals surface area contributed by atoms with Gasteiger partial charge in [0.25, 0.3) is 5.56 Å². The minimum Gasteiger partial charge on any atom is -0.366 e. The number of fused-ring (bicyclic) bond motifs is 1. The minimum atomic E-state index is -0.681. The van der Waals surface area contributed by atoms with E-state index in [4.69, 9.17) is 5.73 Å². The van der Waals surface area contributed by atoms with Crippen molar-refractivity contribution in [2.45, 2.75) is 6.42 Å². The van der Waals surface area contributed by atoms with E-state index in [2.05, 4.69) is 10.2 Å². The number of rotatable bonds is 3. The molecule has 0 fully saturated rings. The maximum Gasteiger partial charge on any atom is 0.272 e. The highest BCUT2D eigenvalue weighted by Gasteiger charge is 2.14. The summed E-state index contributed by atoms with van der Waals surface area (Å²) in [5.74, 6) is -1.02.